The van der Waals surface area contributed by atoms with Crippen LogP contribution in [-0.4, -0.2) is 65.3 Å². The van der Waals surface area contributed by atoms with Gasteiger partial charge in [-0.05, 0) is 48.9 Å². The van der Waals surface area contributed by atoms with Crippen LogP contribution >= 0.6 is 0 Å². The molecule has 2 aromatic rings. The van der Waals surface area contributed by atoms with Crippen LogP contribution in [0.5, 0.6) is 0 Å². The molecular weight excluding hydrogens is 408 g/mol. The van der Waals surface area contributed by atoms with Gasteiger partial charge in [0.05, 0.1) is 6.42 Å². The molecule has 1 fully saturated rings. The Kier molecular flexibility index (Phi) is 7.09. The highest BCUT2D eigenvalue weighted by Gasteiger charge is 2.23. The number of benzene rings is 1. The molecule has 2 aliphatic rings. The van der Waals surface area contributed by atoms with Crippen molar-refractivity contribution in [3.63, 3.8) is 0 Å². The first-order chi connectivity index (χ1) is 15.6. The molecule has 8 heteroatoms. The topological polar surface area (TPSA) is 92.7 Å². The standard InChI is InChI=1S/C24H28N4O4/c29-21(20-7-6-18-4-1-2-5-19(18)16-20)8-9-23(31)32-17-22(30)27-12-14-28(15-13-27)24-25-10-3-11-26-24/h3,6-7,10-11,16H,1-2,4-5,8-9,12-15,17H2. The smallest absolute Gasteiger partial charge is 0.306 e. The number of piperazine rings is 1. The highest BCUT2D eigenvalue weighted by atomic mass is 16.5. The molecule has 168 valence electrons. The summed E-state index contributed by atoms with van der Waals surface area (Å²) in [6.45, 7) is 1.99. The van der Waals surface area contributed by atoms with Gasteiger partial charge in [0.2, 0.25) is 5.95 Å². The number of hydrogen-bond acceptors (Lipinski definition) is 7. The second-order valence-electron chi connectivity index (χ2n) is 8.19. The number of Topliss-reactive ketones (excluding diaryl/α,β-unsaturated/α-hetero) is 1. The molecule has 0 unspecified atom stereocenters. The molecule has 2 heterocycles. The van der Waals surface area contributed by atoms with E-state index in [1.165, 1.54) is 17.5 Å². The van der Waals surface area contributed by atoms with E-state index in [0.29, 0.717) is 37.7 Å². The lowest BCUT2D eigenvalue weighted by Gasteiger charge is -2.34. The van der Waals surface area contributed by atoms with Crippen molar-refractivity contribution in [3.05, 3.63) is 53.3 Å². The van der Waals surface area contributed by atoms with Gasteiger partial charge in [-0.3, -0.25) is 14.4 Å². The normalized spacial score (nSPS) is 15.8. The zero-order valence-corrected chi connectivity index (χ0v) is 18.2. The molecule has 1 saturated heterocycles. The van der Waals surface area contributed by atoms with E-state index in [1.54, 1.807) is 23.4 Å². The maximum absolute atomic E-state index is 12.5. The summed E-state index contributed by atoms with van der Waals surface area (Å²) in [5, 5.41) is 0. The molecule has 32 heavy (non-hydrogen) atoms. The summed E-state index contributed by atoms with van der Waals surface area (Å²) in [5.74, 6) is -0.176. The van der Waals surface area contributed by atoms with Crippen molar-refractivity contribution in [1.29, 1.82) is 0 Å². The number of aromatic nitrogens is 2. The van der Waals surface area contributed by atoms with Gasteiger partial charge in [-0.1, -0.05) is 12.1 Å². The van der Waals surface area contributed by atoms with Crippen molar-refractivity contribution in [3.8, 4) is 0 Å². The van der Waals surface area contributed by atoms with Crippen LogP contribution < -0.4 is 4.90 Å². The number of ketones is 1. The minimum atomic E-state index is -0.527. The summed E-state index contributed by atoms with van der Waals surface area (Å²) < 4.78 is 5.12. The third kappa shape index (κ3) is 5.49. The number of hydrogen-bond donors (Lipinski definition) is 0. The maximum atomic E-state index is 12.5. The molecule has 0 N–H and O–H groups in total. The minimum absolute atomic E-state index is 0.0255. The largest absolute Gasteiger partial charge is 0.456 e. The molecule has 1 amide bonds. The molecule has 8 nitrogen and oxygen atoms in total. The predicted octanol–water partition coefficient (Wildman–Crippen LogP) is 2.21. The van der Waals surface area contributed by atoms with E-state index < -0.39 is 5.97 Å². The highest BCUT2D eigenvalue weighted by Crippen LogP contribution is 2.23. The fourth-order valence-electron chi connectivity index (χ4n) is 4.18. The first-order valence-corrected chi connectivity index (χ1v) is 11.2. The molecular formula is C24H28N4O4. The number of amides is 1. The van der Waals surface area contributed by atoms with Crippen molar-refractivity contribution in [2.75, 3.05) is 37.7 Å². The second kappa shape index (κ2) is 10.3. The number of aryl methyl sites for hydroxylation is 2. The summed E-state index contributed by atoms with van der Waals surface area (Å²) in [7, 11) is 0. The Morgan fingerprint density at radius 2 is 1.62 bits per heavy atom. The van der Waals surface area contributed by atoms with Gasteiger partial charge in [-0.15, -0.1) is 0 Å². The second-order valence-corrected chi connectivity index (χ2v) is 8.19. The number of nitrogens with zero attached hydrogens (tertiary/aromatic N) is 4. The van der Waals surface area contributed by atoms with Gasteiger partial charge >= 0.3 is 5.97 Å². The van der Waals surface area contributed by atoms with Gasteiger partial charge in [0.25, 0.3) is 5.91 Å². The molecule has 1 aromatic carbocycles. The van der Waals surface area contributed by atoms with E-state index in [9.17, 15) is 14.4 Å². The summed E-state index contributed by atoms with van der Waals surface area (Å²) in [5.41, 5.74) is 3.21. The summed E-state index contributed by atoms with van der Waals surface area (Å²) in [4.78, 5) is 49.0. The Balaban J connectivity index is 1.17. The summed E-state index contributed by atoms with van der Waals surface area (Å²) >= 11 is 0. The first-order valence-electron chi connectivity index (χ1n) is 11.2. The third-order valence-corrected chi connectivity index (χ3v) is 6.05. The van der Waals surface area contributed by atoms with E-state index in [1.807, 2.05) is 23.1 Å². The molecule has 1 aliphatic carbocycles. The SMILES string of the molecule is O=C(CCC(=O)c1ccc2c(c1)CCCC2)OCC(=O)N1CCN(c2ncccn2)CC1. The average Bonchev–Trinajstić information content (AvgIpc) is 2.86. The van der Waals surface area contributed by atoms with E-state index in [2.05, 4.69) is 9.97 Å². The molecule has 0 bridgehead atoms. The van der Waals surface area contributed by atoms with Crippen LogP contribution in [0.2, 0.25) is 0 Å². The summed E-state index contributed by atoms with van der Waals surface area (Å²) in [6.07, 6.45) is 7.86. The van der Waals surface area contributed by atoms with Gasteiger partial charge in [-0.2, -0.15) is 0 Å². The lowest BCUT2D eigenvalue weighted by Crippen LogP contribution is -2.50. The molecule has 4 rings (SSSR count). The lowest BCUT2D eigenvalue weighted by atomic mass is 9.89. The van der Waals surface area contributed by atoms with Gasteiger partial charge in [0, 0.05) is 50.6 Å². The zero-order valence-electron chi connectivity index (χ0n) is 18.2. The number of carbonyl (C=O) groups is 3. The minimum Gasteiger partial charge on any atom is -0.456 e. The number of ether oxygens (including phenoxy) is 1. The summed E-state index contributed by atoms with van der Waals surface area (Å²) in [6, 6.07) is 7.60. The van der Waals surface area contributed by atoms with Crippen LogP contribution in [0.25, 0.3) is 0 Å². The Bertz CT molecular complexity index is 971. The first kappa shape index (κ1) is 21.9. The van der Waals surface area contributed by atoms with Crippen molar-refractivity contribution >= 4 is 23.6 Å². The quantitative estimate of drug-likeness (QED) is 0.485. The Morgan fingerprint density at radius 3 is 2.38 bits per heavy atom. The predicted molar refractivity (Wildman–Crippen MR) is 118 cm³/mol. The van der Waals surface area contributed by atoms with E-state index >= 15 is 0 Å². The van der Waals surface area contributed by atoms with E-state index in [4.69, 9.17) is 4.74 Å². The lowest BCUT2D eigenvalue weighted by molar-refractivity contribution is -0.152. The number of rotatable bonds is 7. The molecule has 1 aliphatic heterocycles. The molecule has 0 atom stereocenters. The van der Waals surface area contributed by atoms with Crippen molar-refractivity contribution < 1.29 is 19.1 Å². The third-order valence-electron chi connectivity index (χ3n) is 6.05. The van der Waals surface area contributed by atoms with Crippen LogP contribution in [0.15, 0.2) is 36.7 Å². The molecule has 0 saturated carbocycles. The zero-order chi connectivity index (χ0) is 22.3. The number of esters is 1. The Labute approximate surface area is 187 Å². The number of carbonyl (C=O) groups excluding carboxylic acids is 3. The Hall–Kier alpha value is -3.29. The number of anilines is 1. The van der Waals surface area contributed by atoms with Crippen molar-refractivity contribution in [2.24, 2.45) is 0 Å². The molecule has 0 radical (unpaired) electrons. The molecule has 1 aromatic heterocycles. The van der Waals surface area contributed by atoms with Gasteiger partial charge in [0.1, 0.15) is 0 Å². The van der Waals surface area contributed by atoms with Crippen LogP contribution in [-0.2, 0) is 27.2 Å². The Morgan fingerprint density at radius 1 is 0.906 bits per heavy atom. The van der Waals surface area contributed by atoms with Crippen LogP contribution in [0.4, 0.5) is 5.95 Å². The van der Waals surface area contributed by atoms with Crippen LogP contribution in [0, 0.1) is 0 Å². The van der Waals surface area contributed by atoms with Crippen LogP contribution in [0.3, 0.4) is 0 Å². The van der Waals surface area contributed by atoms with E-state index in [0.717, 1.165) is 19.3 Å². The van der Waals surface area contributed by atoms with Crippen LogP contribution in [0.1, 0.15) is 47.2 Å². The highest BCUT2D eigenvalue weighted by molar-refractivity contribution is 5.97. The fraction of sp³-hybridized carbons (Fsp3) is 0.458. The van der Waals surface area contributed by atoms with Crippen molar-refractivity contribution in [2.45, 2.75) is 38.5 Å². The van der Waals surface area contributed by atoms with Crippen molar-refractivity contribution in [1.82, 2.24) is 14.9 Å². The number of fused-ring (bicyclic) bond motifs is 1. The van der Waals surface area contributed by atoms with Gasteiger partial charge in [-0.25, -0.2) is 9.97 Å². The maximum Gasteiger partial charge on any atom is 0.306 e. The molecule has 0 spiro atoms. The van der Waals surface area contributed by atoms with Gasteiger partial charge in [0.15, 0.2) is 12.4 Å². The average molecular weight is 437 g/mol. The fourth-order valence-corrected chi connectivity index (χ4v) is 4.18. The monoisotopic (exact) mass is 436 g/mol. The van der Waals surface area contributed by atoms with Gasteiger partial charge < -0.3 is 14.5 Å². The van der Waals surface area contributed by atoms with E-state index in [-0.39, 0.29) is 31.1 Å².